The van der Waals surface area contributed by atoms with Gasteiger partial charge >= 0.3 is 0 Å². The number of hydrogen-bond acceptors (Lipinski definition) is 4. The number of carbonyl (C=O) groups excluding carboxylic acids is 1. The SMILES string of the molecule is CC(=NO)C(=O)CO. The highest BCUT2D eigenvalue weighted by molar-refractivity contribution is 6.39. The first-order valence-electron chi connectivity index (χ1n) is 2.05. The number of Topliss-reactive ketones (excluding diaryl/α,β-unsaturated/α-hetero) is 1. The number of hydrogen-bond donors (Lipinski definition) is 2. The molecule has 4 heteroatoms. The third-order valence-corrected chi connectivity index (χ3v) is 0.697. The molecule has 0 saturated carbocycles. The van der Waals surface area contributed by atoms with E-state index < -0.39 is 12.4 Å². The van der Waals surface area contributed by atoms with Gasteiger partial charge in [-0.15, -0.1) is 0 Å². The van der Waals surface area contributed by atoms with Crippen molar-refractivity contribution in [3.05, 3.63) is 0 Å². The highest BCUT2D eigenvalue weighted by Crippen LogP contribution is 1.75. The maximum atomic E-state index is 10.2. The molecule has 0 aliphatic rings. The van der Waals surface area contributed by atoms with Gasteiger partial charge in [-0.3, -0.25) is 4.79 Å². The predicted molar refractivity (Wildman–Crippen MR) is 27.0 cm³/mol. The van der Waals surface area contributed by atoms with E-state index in [9.17, 15) is 4.79 Å². The van der Waals surface area contributed by atoms with Gasteiger partial charge < -0.3 is 10.3 Å². The molecular weight excluding hydrogens is 110 g/mol. The van der Waals surface area contributed by atoms with E-state index in [2.05, 4.69) is 5.16 Å². The Labute approximate surface area is 46.4 Å². The predicted octanol–water partition coefficient (Wildman–Crippen LogP) is -0.602. The lowest BCUT2D eigenvalue weighted by Crippen LogP contribution is -2.13. The molecule has 0 amide bonds. The van der Waals surface area contributed by atoms with Crippen molar-refractivity contribution in [2.45, 2.75) is 6.92 Å². The largest absolute Gasteiger partial charge is 0.411 e. The van der Waals surface area contributed by atoms with Gasteiger partial charge in [0.15, 0.2) is 0 Å². The maximum absolute atomic E-state index is 10.2. The molecule has 0 radical (unpaired) electrons. The Morgan fingerprint density at radius 1 is 1.75 bits per heavy atom. The highest BCUT2D eigenvalue weighted by atomic mass is 16.4. The van der Waals surface area contributed by atoms with E-state index in [4.69, 9.17) is 10.3 Å². The van der Waals surface area contributed by atoms with Crippen LogP contribution in [0.15, 0.2) is 5.16 Å². The van der Waals surface area contributed by atoms with Crippen molar-refractivity contribution in [3.8, 4) is 0 Å². The molecule has 0 aromatic rings. The van der Waals surface area contributed by atoms with Gasteiger partial charge in [0.25, 0.3) is 0 Å². The number of ketones is 1. The first-order chi connectivity index (χ1) is 3.72. The quantitative estimate of drug-likeness (QED) is 0.288. The summed E-state index contributed by atoms with van der Waals surface area (Å²) in [4.78, 5) is 10.2. The Bertz CT molecular complexity index is 118. The average Bonchev–Trinajstić information content (AvgIpc) is 1.84. The molecule has 0 spiro atoms. The molecule has 4 nitrogen and oxygen atoms in total. The van der Waals surface area contributed by atoms with E-state index in [1.54, 1.807) is 0 Å². The zero-order chi connectivity index (χ0) is 6.57. The van der Waals surface area contributed by atoms with E-state index in [1.807, 2.05) is 0 Å². The number of aliphatic hydroxyl groups is 1. The van der Waals surface area contributed by atoms with Crippen molar-refractivity contribution < 1.29 is 15.1 Å². The van der Waals surface area contributed by atoms with Crippen LogP contribution in [-0.2, 0) is 4.79 Å². The molecule has 0 heterocycles. The highest BCUT2D eigenvalue weighted by Gasteiger charge is 2.01. The Hall–Kier alpha value is -0.900. The second kappa shape index (κ2) is 3.15. The van der Waals surface area contributed by atoms with Crippen LogP contribution in [0, 0.1) is 0 Å². The number of aliphatic hydroxyl groups excluding tert-OH is 1. The lowest BCUT2D eigenvalue weighted by Gasteiger charge is -1.87. The Morgan fingerprint density at radius 3 is 2.38 bits per heavy atom. The van der Waals surface area contributed by atoms with Crippen LogP contribution in [0.1, 0.15) is 6.92 Å². The minimum atomic E-state index is -0.601. The molecule has 2 N–H and O–H groups in total. The monoisotopic (exact) mass is 117 g/mol. The van der Waals surface area contributed by atoms with Crippen LogP contribution in [0.2, 0.25) is 0 Å². The van der Waals surface area contributed by atoms with Gasteiger partial charge in [-0.2, -0.15) is 0 Å². The third-order valence-electron chi connectivity index (χ3n) is 0.697. The summed E-state index contributed by atoms with van der Waals surface area (Å²) >= 11 is 0. The van der Waals surface area contributed by atoms with Gasteiger partial charge in [-0.05, 0) is 6.92 Å². The minimum Gasteiger partial charge on any atom is -0.411 e. The summed E-state index contributed by atoms with van der Waals surface area (Å²) < 4.78 is 0. The summed E-state index contributed by atoms with van der Waals surface area (Å²) in [6.45, 7) is 0.717. The third kappa shape index (κ3) is 1.70. The molecule has 0 rings (SSSR count). The Morgan fingerprint density at radius 2 is 2.25 bits per heavy atom. The van der Waals surface area contributed by atoms with Crippen molar-refractivity contribution in [2.75, 3.05) is 6.61 Å². The molecule has 0 unspecified atom stereocenters. The topological polar surface area (TPSA) is 69.9 Å². The van der Waals surface area contributed by atoms with Gasteiger partial charge in [0, 0.05) is 0 Å². The summed E-state index contributed by atoms with van der Waals surface area (Å²) in [5, 5.41) is 18.6. The second-order valence-corrected chi connectivity index (χ2v) is 1.27. The average molecular weight is 117 g/mol. The van der Waals surface area contributed by atoms with Crippen LogP contribution in [0.25, 0.3) is 0 Å². The molecule has 0 aliphatic carbocycles. The summed E-state index contributed by atoms with van der Waals surface area (Å²) in [6, 6.07) is 0. The Kier molecular flexibility index (Phi) is 2.79. The second-order valence-electron chi connectivity index (χ2n) is 1.27. The van der Waals surface area contributed by atoms with Crippen LogP contribution in [0.3, 0.4) is 0 Å². The van der Waals surface area contributed by atoms with Crippen LogP contribution < -0.4 is 0 Å². The smallest absolute Gasteiger partial charge is 0.205 e. The molecule has 0 aromatic carbocycles. The van der Waals surface area contributed by atoms with E-state index in [0.717, 1.165) is 0 Å². The summed E-state index contributed by atoms with van der Waals surface area (Å²) in [6.07, 6.45) is 0. The van der Waals surface area contributed by atoms with Crippen LogP contribution in [-0.4, -0.2) is 28.4 Å². The zero-order valence-electron chi connectivity index (χ0n) is 4.46. The number of oxime groups is 1. The molecule has 0 saturated heterocycles. The van der Waals surface area contributed by atoms with Crippen molar-refractivity contribution in [2.24, 2.45) is 5.16 Å². The van der Waals surface area contributed by atoms with E-state index in [1.165, 1.54) is 6.92 Å². The fraction of sp³-hybridized carbons (Fsp3) is 0.500. The molecule has 8 heavy (non-hydrogen) atoms. The van der Waals surface area contributed by atoms with Crippen molar-refractivity contribution in [3.63, 3.8) is 0 Å². The van der Waals surface area contributed by atoms with Crippen LogP contribution in [0.4, 0.5) is 0 Å². The van der Waals surface area contributed by atoms with Crippen molar-refractivity contribution in [1.29, 1.82) is 0 Å². The lowest BCUT2D eigenvalue weighted by atomic mass is 10.3. The molecule has 0 atom stereocenters. The molecular formula is C4H7NO3. The summed E-state index contributed by atoms with van der Waals surface area (Å²) in [5.74, 6) is -0.562. The van der Waals surface area contributed by atoms with Gasteiger partial charge in [0.1, 0.15) is 12.3 Å². The van der Waals surface area contributed by atoms with E-state index >= 15 is 0 Å². The molecule has 0 fully saturated rings. The first-order valence-corrected chi connectivity index (χ1v) is 2.05. The fourth-order valence-corrected chi connectivity index (χ4v) is 0.170. The normalized spacial score (nSPS) is 11.5. The van der Waals surface area contributed by atoms with Crippen LogP contribution >= 0.6 is 0 Å². The first kappa shape index (κ1) is 7.10. The van der Waals surface area contributed by atoms with E-state index in [-0.39, 0.29) is 5.71 Å². The van der Waals surface area contributed by atoms with Gasteiger partial charge in [0.05, 0.1) is 0 Å². The summed E-state index contributed by atoms with van der Waals surface area (Å²) in [5.41, 5.74) is -0.0764. The van der Waals surface area contributed by atoms with Gasteiger partial charge in [0.2, 0.25) is 5.78 Å². The fourth-order valence-electron chi connectivity index (χ4n) is 0.170. The lowest BCUT2D eigenvalue weighted by molar-refractivity contribution is -0.115. The summed E-state index contributed by atoms with van der Waals surface area (Å²) in [7, 11) is 0. The van der Waals surface area contributed by atoms with E-state index in [0.29, 0.717) is 0 Å². The minimum absolute atomic E-state index is 0.0764. The molecule has 0 aliphatic heterocycles. The zero-order valence-corrected chi connectivity index (χ0v) is 4.46. The molecule has 0 bridgehead atoms. The number of rotatable bonds is 2. The molecule has 46 valence electrons. The van der Waals surface area contributed by atoms with Crippen LogP contribution in [0.5, 0.6) is 0 Å². The van der Waals surface area contributed by atoms with Gasteiger partial charge in [-0.25, -0.2) is 0 Å². The number of carbonyl (C=O) groups is 1. The standard InChI is InChI=1S/C4H7NO3/c1-3(5-8)4(7)2-6/h6,8H,2H2,1H3. The van der Waals surface area contributed by atoms with Gasteiger partial charge in [-0.1, -0.05) is 5.16 Å². The number of nitrogens with zero attached hydrogens (tertiary/aromatic N) is 1. The molecule has 0 aromatic heterocycles. The maximum Gasteiger partial charge on any atom is 0.205 e. The van der Waals surface area contributed by atoms with Crippen molar-refractivity contribution >= 4 is 11.5 Å². The Balaban J connectivity index is 3.83. The van der Waals surface area contributed by atoms with Crippen molar-refractivity contribution in [1.82, 2.24) is 0 Å².